The molecule has 0 aliphatic rings. The number of ether oxygens (including phenoxy) is 2. The Morgan fingerprint density at radius 3 is 2.09 bits per heavy atom. The fourth-order valence-corrected chi connectivity index (χ4v) is 5.28. The van der Waals surface area contributed by atoms with Crippen molar-refractivity contribution in [2.75, 3.05) is 10.6 Å². The molecule has 3 aromatic carbocycles. The summed E-state index contributed by atoms with van der Waals surface area (Å²) in [6.45, 7) is 15.4. The second-order valence-corrected chi connectivity index (χ2v) is 12.3. The molecule has 2 amide bonds. The summed E-state index contributed by atoms with van der Waals surface area (Å²) < 4.78 is 14.0. The number of hydrogen-bond acceptors (Lipinski definition) is 4. The first kappa shape index (κ1) is 33.4. The molecule has 0 bridgehead atoms. The minimum Gasteiger partial charge on any atom is -0.490 e. The molecule has 0 aliphatic heterocycles. The number of carbonyl (C=O) groups excluding carboxylic acids is 1. The third-order valence-corrected chi connectivity index (χ3v) is 7.62. The van der Waals surface area contributed by atoms with Crippen LogP contribution in [0.4, 0.5) is 16.2 Å². The number of anilines is 2. The molecule has 0 saturated carbocycles. The minimum absolute atomic E-state index is 0.105. The summed E-state index contributed by atoms with van der Waals surface area (Å²) in [6.07, 6.45) is 3.47. The van der Waals surface area contributed by atoms with Crippen molar-refractivity contribution in [3.63, 3.8) is 0 Å². The highest BCUT2D eigenvalue weighted by molar-refractivity contribution is 6.03. The van der Waals surface area contributed by atoms with Gasteiger partial charge in [-0.3, -0.25) is 4.79 Å². The number of rotatable bonds is 13. The first-order valence-electron chi connectivity index (χ1n) is 16.0. The van der Waals surface area contributed by atoms with Crippen LogP contribution in [0.2, 0.25) is 0 Å². The summed E-state index contributed by atoms with van der Waals surface area (Å²) in [4.78, 5) is 27.7. The zero-order valence-electron chi connectivity index (χ0n) is 27.6. The van der Waals surface area contributed by atoms with Crippen molar-refractivity contribution in [3.8, 4) is 22.6 Å². The van der Waals surface area contributed by atoms with Gasteiger partial charge in [-0.05, 0) is 73.1 Å². The second kappa shape index (κ2) is 15.5. The zero-order valence-corrected chi connectivity index (χ0v) is 27.6. The standard InChI is InChI=1S/C38H47N3O4/c1-8-9-21-41-22-20-32(33-23-29(18-19-34(33)45-27(6)7)44-24-28-14-11-10-12-15-28)36(37(41)42)40-38(43)39-35-30(25(2)3)16-13-17-31(35)26(4)5/h10-20,22-23,25-27H,8-9,21,24H2,1-7H3,(H2,39,40,43). The number of amides is 2. The summed E-state index contributed by atoms with van der Waals surface area (Å²) in [5.74, 6) is 1.63. The molecule has 0 aliphatic carbocycles. The number of hydrogen-bond donors (Lipinski definition) is 2. The van der Waals surface area contributed by atoms with Crippen molar-refractivity contribution in [2.45, 2.75) is 92.4 Å². The van der Waals surface area contributed by atoms with Gasteiger partial charge in [-0.1, -0.05) is 89.6 Å². The molecule has 0 spiro atoms. The molecule has 4 rings (SSSR count). The van der Waals surface area contributed by atoms with Crippen LogP contribution < -0.4 is 25.7 Å². The van der Waals surface area contributed by atoms with E-state index in [0.717, 1.165) is 35.2 Å². The number of carbonyl (C=O) groups is 1. The van der Waals surface area contributed by atoms with Crippen LogP contribution in [0, 0.1) is 0 Å². The molecule has 2 N–H and O–H groups in total. The number of nitrogens with one attached hydrogen (secondary N) is 2. The lowest BCUT2D eigenvalue weighted by Gasteiger charge is -2.22. The van der Waals surface area contributed by atoms with E-state index in [4.69, 9.17) is 9.47 Å². The average molecular weight is 610 g/mol. The third-order valence-electron chi connectivity index (χ3n) is 7.62. The van der Waals surface area contributed by atoms with Crippen molar-refractivity contribution < 1.29 is 14.3 Å². The van der Waals surface area contributed by atoms with E-state index in [-0.39, 0.29) is 29.2 Å². The molecule has 0 fully saturated rings. The number of unbranched alkanes of at least 4 members (excludes halogenated alkanes) is 1. The molecule has 1 heterocycles. The van der Waals surface area contributed by atoms with Crippen molar-refractivity contribution in [1.82, 2.24) is 4.57 Å². The summed E-state index contributed by atoms with van der Waals surface area (Å²) in [6, 6.07) is 23.0. The Kier molecular flexibility index (Phi) is 11.5. The van der Waals surface area contributed by atoms with E-state index < -0.39 is 6.03 Å². The maximum absolute atomic E-state index is 14.0. The highest BCUT2D eigenvalue weighted by Gasteiger charge is 2.21. The fraction of sp³-hybridized carbons (Fsp3) is 0.368. The largest absolute Gasteiger partial charge is 0.490 e. The van der Waals surface area contributed by atoms with Gasteiger partial charge in [0.25, 0.3) is 5.56 Å². The Balaban J connectivity index is 1.78. The molecule has 0 saturated heterocycles. The van der Waals surface area contributed by atoms with E-state index in [1.807, 2.05) is 86.6 Å². The molecular weight excluding hydrogens is 562 g/mol. The molecule has 0 unspecified atom stereocenters. The van der Waals surface area contributed by atoms with E-state index >= 15 is 0 Å². The number of nitrogens with zero attached hydrogens (tertiary/aromatic N) is 1. The topological polar surface area (TPSA) is 81.6 Å². The van der Waals surface area contributed by atoms with Crippen LogP contribution in [0.3, 0.4) is 0 Å². The van der Waals surface area contributed by atoms with Gasteiger partial charge in [0.05, 0.1) is 6.10 Å². The smallest absolute Gasteiger partial charge is 0.323 e. The molecule has 0 radical (unpaired) electrons. The minimum atomic E-state index is -0.473. The lowest BCUT2D eigenvalue weighted by molar-refractivity contribution is 0.242. The Bertz CT molecular complexity index is 1610. The zero-order chi connectivity index (χ0) is 32.5. The predicted molar refractivity (Wildman–Crippen MR) is 185 cm³/mol. The molecule has 238 valence electrons. The van der Waals surface area contributed by atoms with Gasteiger partial charge >= 0.3 is 6.03 Å². The van der Waals surface area contributed by atoms with Gasteiger partial charge in [0, 0.05) is 29.6 Å². The van der Waals surface area contributed by atoms with E-state index in [9.17, 15) is 9.59 Å². The predicted octanol–water partition coefficient (Wildman–Crippen LogP) is 9.57. The van der Waals surface area contributed by atoms with E-state index in [0.29, 0.717) is 35.8 Å². The highest BCUT2D eigenvalue weighted by atomic mass is 16.5. The molecule has 7 nitrogen and oxygen atoms in total. The number of aryl methyl sites for hydroxylation is 1. The van der Waals surface area contributed by atoms with Gasteiger partial charge in [-0.25, -0.2) is 4.79 Å². The third kappa shape index (κ3) is 8.56. The average Bonchev–Trinajstić information content (AvgIpc) is 3.01. The maximum atomic E-state index is 14.0. The fourth-order valence-electron chi connectivity index (χ4n) is 5.28. The second-order valence-electron chi connectivity index (χ2n) is 12.3. The number of aromatic nitrogens is 1. The van der Waals surface area contributed by atoms with Crippen LogP contribution in [-0.2, 0) is 13.2 Å². The van der Waals surface area contributed by atoms with Gasteiger partial charge in [-0.15, -0.1) is 0 Å². The molecule has 0 atom stereocenters. The number of urea groups is 1. The normalized spacial score (nSPS) is 11.2. The van der Waals surface area contributed by atoms with Crippen molar-refractivity contribution in [3.05, 3.63) is 106 Å². The molecule has 1 aromatic heterocycles. The van der Waals surface area contributed by atoms with E-state index in [2.05, 4.69) is 45.3 Å². The molecule has 4 aromatic rings. The SMILES string of the molecule is CCCCn1ccc(-c2cc(OCc3ccccc3)ccc2OC(C)C)c(NC(=O)Nc2c(C(C)C)cccc2C(C)C)c1=O. The number of benzene rings is 3. The van der Waals surface area contributed by atoms with Crippen molar-refractivity contribution >= 4 is 17.4 Å². The van der Waals surface area contributed by atoms with Gasteiger partial charge in [0.2, 0.25) is 0 Å². The monoisotopic (exact) mass is 609 g/mol. The maximum Gasteiger partial charge on any atom is 0.323 e. The molecular formula is C38H47N3O4. The Morgan fingerprint density at radius 1 is 0.800 bits per heavy atom. The summed E-state index contributed by atoms with van der Waals surface area (Å²) in [5.41, 5.74) is 5.04. The van der Waals surface area contributed by atoms with Crippen LogP contribution in [0.1, 0.15) is 89.8 Å². The van der Waals surface area contributed by atoms with Gasteiger partial charge in [0.1, 0.15) is 23.8 Å². The Labute approximate surface area is 267 Å². The summed E-state index contributed by atoms with van der Waals surface area (Å²) >= 11 is 0. The first-order chi connectivity index (χ1) is 21.6. The summed E-state index contributed by atoms with van der Waals surface area (Å²) in [7, 11) is 0. The van der Waals surface area contributed by atoms with Crippen LogP contribution >= 0.6 is 0 Å². The van der Waals surface area contributed by atoms with Crippen LogP contribution in [0.5, 0.6) is 11.5 Å². The van der Waals surface area contributed by atoms with Crippen molar-refractivity contribution in [1.29, 1.82) is 0 Å². The Morgan fingerprint density at radius 2 is 1.47 bits per heavy atom. The van der Waals surface area contributed by atoms with Gasteiger partial charge < -0.3 is 24.7 Å². The van der Waals surface area contributed by atoms with Crippen LogP contribution in [0.15, 0.2) is 83.8 Å². The van der Waals surface area contributed by atoms with Gasteiger partial charge in [0.15, 0.2) is 0 Å². The van der Waals surface area contributed by atoms with E-state index in [1.165, 1.54) is 0 Å². The lowest BCUT2D eigenvalue weighted by atomic mass is 9.93. The Hall–Kier alpha value is -4.52. The van der Waals surface area contributed by atoms with Gasteiger partial charge in [-0.2, -0.15) is 0 Å². The molecule has 45 heavy (non-hydrogen) atoms. The number of pyridine rings is 1. The van der Waals surface area contributed by atoms with Crippen molar-refractivity contribution in [2.24, 2.45) is 0 Å². The quantitative estimate of drug-likeness (QED) is 0.158. The highest BCUT2D eigenvalue weighted by Crippen LogP contribution is 2.38. The lowest BCUT2D eigenvalue weighted by Crippen LogP contribution is -2.29. The molecule has 7 heteroatoms. The number of para-hydroxylation sites is 1. The summed E-state index contributed by atoms with van der Waals surface area (Å²) in [5, 5.41) is 6.05. The van der Waals surface area contributed by atoms with Crippen LogP contribution in [-0.4, -0.2) is 16.7 Å². The van der Waals surface area contributed by atoms with Crippen LogP contribution in [0.25, 0.3) is 11.1 Å². The van der Waals surface area contributed by atoms with E-state index in [1.54, 1.807) is 10.8 Å². The first-order valence-corrected chi connectivity index (χ1v) is 16.0.